The molecule has 2 nitrogen and oxygen atoms in total. The highest BCUT2D eigenvalue weighted by atomic mass is 79.9. The molecule has 1 rings (SSSR count). The van der Waals surface area contributed by atoms with Crippen LogP contribution in [0.3, 0.4) is 0 Å². The minimum atomic E-state index is 0.317. The maximum Gasteiger partial charge on any atom is 0.119 e. The van der Waals surface area contributed by atoms with Crippen molar-refractivity contribution < 1.29 is 4.74 Å². The highest BCUT2D eigenvalue weighted by molar-refractivity contribution is 9.10. The first-order valence-corrected chi connectivity index (χ1v) is 7.72. The highest BCUT2D eigenvalue weighted by Crippen LogP contribution is 2.24. The predicted octanol–water partition coefficient (Wildman–Crippen LogP) is 4.76. The Balaban J connectivity index is 2.57. The zero-order valence-electron chi connectivity index (χ0n) is 12.7. The number of halogens is 1. The van der Waals surface area contributed by atoms with Gasteiger partial charge in [0.15, 0.2) is 0 Å². The van der Waals surface area contributed by atoms with Crippen LogP contribution in [0.25, 0.3) is 0 Å². The van der Waals surface area contributed by atoms with Gasteiger partial charge in [-0.15, -0.1) is 0 Å². The van der Waals surface area contributed by atoms with E-state index in [0.717, 1.165) is 29.8 Å². The lowest BCUT2D eigenvalue weighted by molar-refractivity contribution is 0.243. The fourth-order valence-electron chi connectivity index (χ4n) is 1.57. The van der Waals surface area contributed by atoms with Crippen molar-refractivity contribution in [2.75, 3.05) is 6.61 Å². The molecule has 0 aliphatic rings. The zero-order valence-corrected chi connectivity index (χ0v) is 14.3. The molecule has 108 valence electrons. The number of hydrogen-bond donors (Lipinski definition) is 1. The number of ether oxygens (including phenoxy) is 1. The van der Waals surface area contributed by atoms with Crippen molar-refractivity contribution in [3.63, 3.8) is 0 Å². The van der Waals surface area contributed by atoms with Gasteiger partial charge in [0.2, 0.25) is 0 Å². The van der Waals surface area contributed by atoms with Crippen LogP contribution in [0.15, 0.2) is 22.7 Å². The van der Waals surface area contributed by atoms with E-state index in [-0.39, 0.29) is 0 Å². The fourth-order valence-corrected chi connectivity index (χ4v) is 1.95. The maximum atomic E-state index is 5.84. The van der Waals surface area contributed by atoms with Crippen molar-refractivity contribution in [3.8, 4) is 5.75 Å². The van der Waals surface area contributed by atoms with E-state index in [4.69, 9.17) is 4.74 Å². The Kier molecular flexibility index (Phi) is 6.34. The molecule has 0 unspecified atom stereocenters. The summed E-state index contributed by atoms with van der Waals surface area (Å²) in [5.74, 6) is 0.952. The van der Waals surface area contributed by atoms with E-state index in [1.807, 2.05) is 6.07 Å². The fraction of sp³-hybridized carbons (Fsp3) is 0.625. The van der Waals surface area contributed by atoms with E-state index in [1.165, 1.54) is 5.56 Å². The van der Waals surface area contributed by atoms with Crippen LogP contribution in [-0.4, -0.2) is 12.6 Å². The lowest BCUT2D eigenvalue weighted by atomic mass is 9.93. The molecule has 0 saturated carbocycles. The lowest BCUT2D eigenvalue weighted by Gasteiger charge is -2.18. The SMILES string of the molecule is CC(C)NCc1cc(OCCC(C)(C)C)ccc1Br. The summed E-state index contributed by atoms with van der Waals surface area (Å²) in [4.78, 5) is 0. The number of benzene rings is 1. The molecule has 0 bridgehead atoms. The smallest absolute Gasteiger partial charge is 0.119 e. The molecule has 0 aliphatic carbocycles. The first kappa shape index (κ1) is 16.5. The van der Waals surface area contributed by atoms with Crippen molar-refractivity contribution in [1.82, 2.24) is 5.32 Å². The van der Waals surface area contributed by atoms with Crippen molar-refractivity contribution >= 4 is 15.9 Å². The van der Waals surface area contributed by atoms with E-state index in [0.29, 0.717) is 11.5 Å². The molecule has 3 heteroatoms. The molecule has 0 amide bonds. The van der Waals surface area contributed by atoms with Crippen molar-refractivity contribution in [2.24, 2.45) is 5.41 Å². The summed E-state index contributed by atoms with van der Waals surface area (Å²) in [6.07, 6.45) is 1.06. The Morgan fingerprint density at radius 1 is 1.26 bits per heavy atom. The van der Waals surface area contributed by atoms with E-state index >= 15 is 0 Å². The summed E-state index contributed by atoms with van der Waals surface area (Å²) in [7, 11) is 0. The lowest BCUT2D eigenvalue weighted by Crippen LogP contribution is -2.22. The summed E-state index contributed by atoms with van der Waals surface area (Å²) in [6.45, 7) is 12.6. The minimum Gasteiger partial charge on any atom is -0.494 e. The van der Waals surface area contributed by atoms with Crippen LogP contribution in [0.1, 0.15) is 46.6 Å². The third-order valence-electron chi connectivity index (χ3n) is 2.84. The molecule has 0 aromatic heterocycles. The second-order valence-corrected chi connectivity index (χ2v) is 7.30. The van der Waals surface area contributed by atoms with Crippen LogP contribution in [0.5, 0.6) is 5.75 Å². The van der Waals surface area contributed by atoms with Crippen LogP contribution in [0.4, 0.5) is 0 Å². The van der Waals surface area contributed by atoms with Crippen molar-refractivity contribution in [1.29, 1.82) is 0 Å². The van der Waals surface area contributed by atoms with Crippen molar-refractivity contribution in [3.05, 3.63) is 28.2 Å². The maximum absolute atomic E-state index is 5.84. The zero-order chi connectivity index (χ0) is 14.5. The highest BCUT2D eigenvalue weighted by Gasteiger charge is 2.10. The predicted molar refractivity (Wildman–Crippen MR) is 85.7 cm³/mol. The summed E-state index contributed by atoms with van der Waals surface area (Å²) in [5.41, 5.74) is 1.55. The molecule has 0 heterocycles. The van der Waals surface area contributed by atoms with Gasteiger partial charge in [0.05, 0.1) is 6.61 Å². The molecule has 0 aliphatic heterocycles. The van der Waals surface area contributed by atoms with Crippen LogP contribution in [0.2, 0.25) is 0 Å². The molecule has 1 aromatic carbocycles. The van der Waals surface area contributed by atoms with Gasteiger partial charge >= 0.3 is 0 Å². The average Bonchev–Trinajstić information content (AvgIpc) is 2.27. The molecular weight excluding hydrogens is 302 g/mol. The molecule has 19 heavy (non-hydrogen) atoms. The monoisotopic (exact) mass is 327 g/mol. The molecule has 0 spiro atoms. The van der Waals surface area contributed by atoms with E-state index in [2.05, 4.69) is 68.0 Å². The number of nitrogens with one attached hydrogen (secondary N) is 1. The quantitative estimate of drug-likeness (QED) is 0.813. The molecule has 0 radical (unpaired) electrons. The van der Waals surface area contributed by atoms with Crippen LogP contribution in [-0.2, 0) is 6.54 Å². The molecule has 0 saturated heterocycles. The normalized spacial score (nSPS) is 11.9. The van der Waals surface area contributed by atoms with Crippen molar-refractivity contribution in [2.45, 2.75) is 53.6 Å². The average molecular weight is 328 g/mol. The van der Waals surface area contributed by atoms with Gasteiger partial charge in [-0.3, -0.25) is 0 Å². The van der Waals surface area contributed by atoms with Gasteiger partial charge in [-0.25, -0.2) is 0 Å². The third-order valence-corrected chi connectivity index (χ3v) is 3.61. The Hall–Kier alpha value is -0.540. The largest absolute Gasteiger partial charge is 0.494 e. The van der Waals surface area contributed by atoms with E-state index in [9.17, 15) is 0 Å². The van der Waals surface area contributed by atoms with Gasteiger partial charge in [-0.2, -0.15) is 0 Å². The summed E-state index contributed by atoms with van der Waals surface area (Å²) in [5, 5.41) is 3.42. The molecule has 0 fully saturated rings. The third kappa shape index (κ3) is 6.98. The standard InChI is InChI=1S/C16H26BrNO/c1-12(2)18-11-13-10-14(6-7-15(13)17)19-9-8-16(3,4)5/h6-7,10,12,18H,8-9,11H2,1-5H3. The van der Waals surface area contributed by atoms with Gasteiger partial charge in [0, 0.05) is 17.1 Å². The Morgan fingerprint density at radius 3 is 2.53 bits per heavy atom. The van der Waals surface area contributed by atoms with Crippen LogP contribution >= 0.6 is 15.9 Å². The van der Waals surface area contributed by atoms with Gasteiger partial charge in [0.1, 0.15) is 5.75 Å². The van der Waals surface area contributed by atoms with Crippen LogP contribution in [0, 0.1) is 5.41 Å². The molecule has 1 aromatic rings. The van der Waals surface area contributed by atoms with E-state index in [1.54, 1.807) is 0 Å². The number of hydrogen-bond acceptors (Lipinski definition) is 2. The molecular formula is C16H26BrNO. The second kappa shape index (κ2) is 7.30. The summed E-state index contributed by atoms with van der Waals surface area (Å²) >= 11 is 3.58. The summed E-state index contributed by atoms with van der Waals surface area (Å²) < 4.78 is 6.96. The first-order valence-electron chi connectivity index (χ1n) is 6.92. The van der Waals surface area contributed by atoms with Gasteiger partial charge < -0.3 is 10.1 Å². The Bertz CT molecular complexity index is 396. The van der Waals surface area contributed by atoms with Gasteiger partial charge in [-0.1, -0.05) is 50.5 Å². The first-order chi connectivity index (χ1) is 8.78. The van der Waals surface area contributed by atoms with Crippen LogP contribution < -0.4 is 10.1 Å². The molecule has 0 atom stereocenters. The minimum absolute atomic E-state index is 0.317. The second-order valence-electron chi connectivity index (χ2n) is 6.45. The Labute approximate surface area is 126 Å². The topological polar surface area (TPSA) is 21.3 Å². The Morgan fingerprint density at radius 2 is 1.95 bits per heavy atom. The molecule has 1 N–H and O–H groups in total. The number of rotatable bonds is 6. The summed E-state index contributed by atoms with van der Waals surface area (Å²) in [6, 6.07) is 6.68. The van der Waals surface area contributed by atoms with Gasteiger partial charge in [-0.05, 0) is 35.6 Å². The van der Waals surface area contributed by atoms with Gasteiger partial charge in [0.25, 0.3) is 0 Å². The van der Waals surface area contributed by atoms with E-state index < -0.39 is 0 Å².